The first-order chi connectivity index (χ1) is 7.31. The van der Waals surface area contributed by atoms with Crippen molar-refractivity contribution in [1.82, 2.24) is 5.48 Å². The minimum Gasteiger partial charge on any atom is -0.464 e. The average Bonchev–Trinajstić information content (AvgIpc) is 2.69. The zero-order valence-corrected chi connectivity index (χ0v) is 7.81. The largest absolute Gasteiger partial charge is 0.464 e. The molecule has 76 valence electrons. The Morgan fingerprint density at radius 1 is 1.40 bits per heavy atom. The molecule has 0 fully saturated rings. The molecule has 4 heteroatoms. The normalized spacial score (nSPS) is 11.0. The number of rotatable bonds is 2. The van der Waals surface area contributed by atoms with E-state index in [1.807, 2.05) is 24.3 Å². The van der Waals surface area contributed by atoms with E-state index in [1.54, 1.807) is 12.3 Å². The topological polar surface area (TPSA) is 62.5 Å². The van der Waals surface area contributed by atoms with Gasteiger partial charge in [0.2, 0.25) is 0 Å². The number of hydrogen-bond donors (Lipinski definition) is 2. The summed E-state index contributed by atoms with van der Waals surface area (Å²) in [7, 11) is 0. The van der Waals surface area contributed by atoms with Crippen molar-refractivity contribution in [2.24, 2.45) is 0 Å². The van der Waals surface area contributed by atoms with Crippen molar-refractivity contribution in [2.45, 2.75) is 0 Å². The van der Waals surface area contributed by atoms with Crippen LogP contribution in [0, 0.1) is 0 Å². The SMILES string of the molecule is O=C(/C=C/c1coc2ccccc12)NO. The number of fused-ring (bicyclic) bond motifs is 1. The molecule has 4 nitrogen and oxygen atoms in total. The quantitative estimate of drug-likeness (QED) is 0.445. The highest BCUT2D eigenvalue weighted by molar-refractivity contribution is 5.94. The van der Waals surface area contributed by atoms with Gasteiger partial charge in [-0.1, -0.05) is 18.2 Å². The fraction of sp³-hybridized carbons (Fsp3) is 0. The van der Waals surface area contributed by atoms with E-state index < -0.39 is 5.91 Å². The maximum absolute atomic E-state index is 10.8. The van der Waals surface area contributed by atoms with Crippen molar-refractivity contribution in [2.75, 3.05) is 0 Å². The molecule has 2 N–H and O–H groups in total. The van der Waals surface area contributed by atoms with Crippen LogP contribution in [0.15, 0.2) is 41.0 Å². The lowest BCUT2D eigenvalue weighted by atomic mass is 10.1. The van der Waals surface area contributed by atoms with E-state index in [0.717, 1.165) is 16.5 Å². The number of benzene rings is 1. The van der Waals surface area contributed by atoms with Crippen LogP contribution in [0.5, 0.6) is 0 Å². The van der Waals surface area contributed by atoms with Crippen LogP contribution in [0.1, 0.15) is 5.56 Å². The van der Waals surface area contributed by atoms with E-state index in [4.69, 9.17) is 9.62 Å². The summed E-state index contributed by atoms with van der Waals surface area (Å²) in [6, 6.07) is 7.51. The van der Waals surface area contributed by atoms with Gasteiger partial charge in [0.1, 0.15) is 5.58 Å². The maximum Gasteiger partial charge on any atom is 0.267 e. The molecule has 15 heavy (non-hydrogen) atoms. The van der Waals surface area contributed by atoms with Gasteiger partial charge in [0.05, 0.1) is 6.26 Å². The van der Waals surface area contributed by atoms with E-state index in [-0.39, 0.29) is 0 Å². The lowest BCUT2D eigenvalue weighted by Gasteiger charge is -1.89. The van der Waals surface area contributed by atoms with Gasteiger partial charge in [-0.2, -0.15) is 0 Å². The molecule has 0 saturated heterocycles. The van der Waals surface area contributed by atoms with Gasteiger partial charge >= 0.3 is 0 Å². The predicted molar refractivity (Wildman–Crippen MR) is 55.2 cm³/mol. The molecule has 0 unspecified atom stereocenters. The number of nitrogens with one attached hydrogen (secondary N) is 1. The zero-order chi connectivity index (χ0) is 10.7. The molecular formula is C11H9NO3. The Kier molecular flexibility index (Phi) is 2.51. The first-order valence-corrected chi connectivity index (χ1v) is 4.39. The van der Waals surface area contributed by atoms with Crippen LogP contribution in [0.3, 0.4) is 0 Å². The van der Waals surface area contributed by atoms with Gasteiger partial charge in [-0.05, 0) is 12.1 Å². The summed E-state index contributed by atoms with van der Waals surface area (Å²) in [5, 5.41) is 9.23. The number of carbonyl (C=O) groups excluding carboxylic acids is 1. The summed E-state index contributed by atoms with van der Waals surface area (Å²) < 4.78 is 5.27. The number of hydroxylamine groups is 1. The van der Waals surface area contributed by atoms with Crippen molar-refractivity contribution >= 4 is 23.0 Å². The molecule has 0 aliphatic carbocycles. The number of para-hydroxylation sites is 1. The second kappa shape index (κ2) is 3.98. The standard InChI is InChI=1S/C11H9NO3/c13-11(12-14)6-5-8-7-15-10-4-2-1-3-9(8)10/h1-7,14H,(H,12,13)/b6-5+. The summed E-state index contributed by atoms with van der Waals surface area (Å²) in [5.74, 6) is -0.569. The molecule has 0 atom stereocenters. The van der Waals surface area contributed by atoms with Crippen LogP contribution in [0.2, 0.25) is 0 Å². The Morgan fingerprint density at radius 2 is 2.20 bits per heavy atom. The summed E-state index contributed by atoms with van der Waals surface area (Å²) in [6.45, 7) is 0. The molecule has 2 aromatic rings. The van der Waals surface area contributed by atoms with Gasteiger partial charge in [-0.15, -0.1) is 0 Å². The van der Waals surface area contributed by atoms with Crippen molar-refractivity contribution in [3.63, 3.8) is 0 Å². The number of hydrogen-bond acceptors (Lipinski definition) is 3. The molecule has 0 bridgehead atoms. The van der Waals surface area contributed by atoms with Gasteiger partial charge in [-0.25, -0.2) is 5.48 Å². The summed E-state index contributed by atoms with van der Waals surface area (Å²) in [4.78, 5) is 10.8. The highest BCUT2D eigenvalue weighted by Crippen LogP contribution is 2.21. The molecule has 0 spiro atoms. The molecule has 1 aromatic heterocycles. The van der Waals surface area contributed by atoms with E-state index in [1.165, 1.54) is 11.6 Å². The zero-order valence-electron chi connectivity index (χ0n) is 7.81. The van der Waals surface area contributed by atoms with Gasteiger partial charge in [0.25, 0.3) is 5.91 Å². The Bertz CT molecular complexity index is 513. The van der Waals surface area contributed by atoms with E-state index in [9.17, 15) is 4.79 Å². The third-order valence-corrected chi connectivity index (χ3v) is 2.04. The minimum atomic E-state index is -0.569. The Labute approximate surface area is 85.8 Å². The van der Waals surface area contributed by atoms with Gasteiger partial charge in [0, 0.05) is 17.0 Å². The fourth-order valence-corrected chi connectivity index (χ4v) is 1.33. The van der Waals surface area contributed by atoms with Crippen molar-refractivity contribution in [1.29, 1.82) is 0 Å². The number of amides is 1. The third kappa shape index (κ3) is 1.89. The molecule has 0 aliphatic heterocycles. The Balaban J connectivity index is 2.36. The van der Waals surface area contributed by atoms with Crippen LogP contribution < -0.4 is 5.48 Å². The summed E-state index contributed by atoms with van der Waals surface area (Å²) in [5.41, 5.74) is 3.08. The fourth-order valence-electron chi connectivity index (χ4n) is 1.33. The number of furan rings is 1. The van der Waals surface area contributed by atoms with E-state index in [0.29, 0.717) is 0 Å². The van der Waals surface area contributed by atoms with Crippen LogP contribution in [0.25, 0.3) is 17.0 Å². The minimum absolute atomic E-state index is 0.569. The smallest absolute Gasteiger partial charge is 0.267 e. The third-order valence-electron chi connectivity index (χ3n) is 2.04. The highest BCUT2D eigenvalue weighted by atomic mass is 16.5. The number of carbonyl (C=O) groups is 1. The van der Waals surface area contributed by atoms with Gasteiger partial charge < -0.3 is 4.42 Å². The monoisotopic (exact) mass is 203 g/mol. The molecule has 0 radical (unpaired) electrons. The van der Waals surface area contributed by atoms with Gasteiger partial charge in [-0.3, -0.25) is 10.0 Å². The summed E-state index contributed by atoms with van der Waals surface area (Å²) >= 11 is 0. The lowest BCUT2D eigenvalue weighted by Crippen LogP contribution is -2.14. The molecule has 0 aliphatic rings. The van der Waals surface area contributed by atoms with Crippen molar-refractivity contribution in [3.8, 4) is 0 Å². The van der Waals surface area contributed by atoms with Crippen LogP contribution in [-0.4, -0.2) is 11.1 Å². The molecular weight excluding hydrogens is 194 g/mol. The molecule has 1 heterocycles. The van der Waals surface area contributed by atoms with Gasteiger partial charge in [0.15, 0.2) is 0 Å². The lowest BCUT2D eigenvalue weighted by molar-refractivity contribution is -0.124. The Hall–Kier alpha value is -2.07. The van der Waals surface area contributed by atoms with E-state index in [2.05, 4.69) is 0 Å². The maximum atomic E-state index is 10.8. The first-order valence-electron chi connectivity index (χ1n) is 4.39. The van der Waals surface area contributed by atoms with Crippen LogP contribution >= 0.6 is 0 Å². The molecule has 0 saturated carbocycles. The highest BCUT2D eigenvalue weighted by Gasteiger charge is 2.01. The van der Waals surface area contributed by atoms with Crippen molar-refractivity contribution in [3.05, 3.63) is 42.2 Å². The van der Waals surface area contributed by atoms with E-state index >= 15 is 0 Å². The molecule has 2 rings (SSSR count). The average molecular weight is 203 g/mol. The molecule has 1 amide bonds. The first kappa shape index (κ1) is 9.48. The predicted octanol–water partition coefficient (Wildman–Crippen LogP) is 1.95. The second-order valence-electron chi connectivity index (χ2n) is 3.00. The van der Waals surface area contributed by atoms with Crippen molar-refractivity contribution < 1.29 is 14.4 Å². The Morgan fingerprint density at radius 3 is 3.00 bits per heavy atom. The van der Waals surface area contributed by atoms with Crippen LogP contribution in [-0.2, 0) is 4.79 Å². The summed E-state index contributed by atoms with van der Waals surface area (Å²) in [6.07, 6.45) is 4.38. The van der Waals surface area contributed by atoms with Crippen LogP contribution in [0.4, 0.5) is 0 Å². The molecule has 1 aromatic carbocycles. The second-order valence-corrected chi connectivity index (χ2v) is 3.00.